The fourth-order valence-corrected chi connectivity index (χ4v) is 2.69. The molecule has 2 N–H and O–H groups in total. The summed E-state index contributed by atoms with van der Waals surface area (Å²) in [6.07, 6.45) is 9.03. The molecule has 17 heavy (non-hydrogen) atoms. The van der Waals surface area contributed by atoms with Gasteiger partial charge in [-0.1, -0.05) is 25.1 Å². The van der Waals surface area contributed by atoms with E-state index in [4.69, 9.17) is 18.0 Å². The van der Waals surface area contributed by atoms with E-state index in [0.29, 0.717) is 11.0 Å². The Morgan fingerprint density at radius 2 is 2.24 bits per heavy atom. The lowest BCUT2D eigenvalue weighted by atomic mass is 10.2. The summed E-state index contributed by atoms with van der Waals surface area (Å²) < 4.78 is 1.96. The van der Waals surface area contributed by atoms with Crippen LogP contribution in [0.15, 0.2) is 18.5 Å². The molecule has 0 aliphatic heterocycles. The van der Waals surface area contributed by atoms with Crippen molar-refractivity contribution in [3.8, 4) is 0 Å². The van der Waals surface area contributed by atoms with Crippen molar-refractivity contribution in [2.75, 3.05) is 13.1 Å². The van der Waals surface area contributed by atoms with E-state index in [1.807, 2.05) is 23.1 Å². The molecule has 0 saturated heterocycles. The molecule has 94 valence electrons. The van der Waals surface area contributed by atoms with Crippen LogP contribution in [-0.2, 0) is 6.54 Å². The molecular weight excluding hydrogens is 232 g/mol. The van der Waals surface area contributed by atoms with Gasteiger partial charge in [0.2, 0.25) is 0 Å². The van der Waals surface area contributed by atoms with Crippen molar-refractivity contribution in [3.05, 3.63) is 18.5 Å². The van der Waals surface area contributed by atoms with Crippen LogP contribution in [0, 0.1) is 0 Å². The summed E-state index contributed by atoms with van der Waals surface area (Å²) in [7, 11) is 0. The number of aromatic nitrogens is 2. The highest BCUT2D eigenvalue weighted by molar-refractivity contribution is 7.80. The van der Waals surface area contributed by atoms with Crippen LogP contribution < -0.4 is 5.73 Å². The molecule has 1 aromatic rings. The van der Waals surface area contributed by atoms with Crippen molar-refractivity contribution >= 4 is 17.2 Å². The second kappa shape index (κ2) is 6.12. The molecular formula is C12H20N4S. The lowest BCUT2D eigenvalue weighted by Crippen LogP contribution is -2.41. The summed E-state index contributed by atoms with van der Waals surface area (Å²) in [5, 5.41) is 4.22. The second-order valence-electron chi connectivity index (χ2n) is 4.64. The smallest absolute Gasteiger partial charge is 0.0870 e. The molecule has 0 radical (unpaired) electrons. The fraction of sp³-hybridized carbons (Fsp3) is 0.667. The van der Waals surface area contributed by atoms with Gasteiger partial charge in [-0.25, -0.2) is 0 Å². The zero-order chi connectivity index (χ0) is 12.1. The first-order valence-corrected chi connectivity index (χ1v) is 6.66. The van der Waals surface area contributed by atoms with Gasteiger partial charge in [0.15, 0.2) is 0 Å². The van der Waals surface area contributed by atoms with Crippen molar-refractivity contribution in [2.24, 2.45) is 5.73 Å². The predicted molar refractivity (Wildman–Crippen MR) is 72.8 cm³/mol. The number of hydrogen-bond donors (Lipinski definition) is 1. The van der Waals surface area contributed by atoms with Gasteiger partial charge in [-0.15, -0.1) is 0 Å². The summed E-state index contributed by atoms with van der Waals surface area (Å²) in [5.74, 6) is 0. The van der Waals surface area contributed by atoms with Crippen LogP contribution in [0.1, 0.15) is 25.7 Å². The summed E-state index contributed by atoms with van der Waals surface area (Å²) in [4.78, 5) is 3.01. The Bertz CT molecular complexity index is 343. The van der Waals surface area contributed by atoms with Crippen molar-refractivity contribution in [3.63, 3.8) is 0 Å². The van der Waals surface area contributed by atoms with Crippen LogP contribution in [0.2, 0.25) is 0 Å². The van der Waals surface area contributed by atoms with E-state index in [-0.39, 0.29) is 0 Å². The van der Waals surface area contributed by atoms with Gasteiger partial charge in [0.05, 0.1) is 11.5 Å². The molecule has 0 unspecified atom stereocenters. The molecule has 0 aromatic carbocycles. The Morgan fingerprint density at radius 3 is 2.82 bits per heavy atom. The summed E-state index contributed by atoms with van der Waals surface area (Å²) in [5.41, 5.74) is 5.68. The lowest BCUT2D eigenvalue weighted by molar-refractivity contribution is 0.216. The molecule has 5 heteroatoms. The Hall–Kier alpha value is -0.940. The van der Waals surface area contributed by atoms with Gasteiger partial charge in [-0.2, -0.15) is 5.10 Å². The third kappa shape index (κ3) is 3.78. The van der Waals surface area contributed by atoms with Gasteiger partial charge in [0, 0.05) is 31.5 Å². The Balaban J connectivity index is 1.88. The zero-order valence-corrected chi connectivity index (χ0v) is 10.9. The van der Waals surface area contributed by atoms with Crippen molar-refractivity contribution in [1.29, 1.82) is 0 Å². The predicted octanol–water partition coefficient (Wildman–Crippen LogP) is 1.41. The van der Waals surface area contributed by atoms with Gasteiger partial charge < -0.3 is 5.73 Å². The minimum Gasteiger partial charge on any atom is -0.392 e. The summed E-state index contributed by atoms with van der Waals surface area (Å²) in [6, 6.07) is 2.61. The molecule has 1 saturated carbocycles. The second-order valence-corrected chi connectivity index (χ2v) is 5.17. The summed E-state index contributed by atoms with van der Waals surface area (Å²) in [6.45, 7) is 2.62. The average molecular weight is 252 g/mol. The molecule has 0 amide bonds. The van der Waals surface area contributed by atoms with Crippen molar-refractivity contribution in [1.82, 2.24) is 14.7 Å². The van der Waals surface area contributed by atoms with E-state index >= 15 is 0 Å². The quantitative estimate of drug-likeness (QED) is 0.778. The number of nitrogens with zero attached hydrogens (tertiary/aromatic N) is 3. The van der Waals surface area contributed by atoms with Gasteiger partial charge >= 0.3 is 0 Å². The van der Waals surface area contributed by atoms with Crippen molar-refractivity contribution < 1.29 is 0 Å². The van der Waals surface area contributed by atoms with E-state index in [1.54, 1.807) is 0 Å². The van der Waals surface area contributed by atoms with Gasteiger partial charge in [-0.05, 0) is 18.9 Å². The monoisotopic (exact) mass is 252 g/mol. The molecule has 0 atom stereocenters. The minimum atomic E-state index is 0.595. The van der Waals surface area contributed by atoms with Gasteiger partial charge in [-0.3, -0.25) is 9.58 Å². The summed E-state index contributed by atoms with van der Waals surface area (Å²) >= 11 is 5.04. The largest absolute Gasteiger partial charge is 0.392 e. The standard InChI is InChI=1S/C12H20N4S/c13-12(17)10-15(11-4-1-2-5-11)8-9-16-7-3-6-14-16/h3,6-7,11H,1-2,4-5,8-10H2,(H2,13,17). The van der Waals surface area contributed by atoms with Gasteiger partial charge in [0.25, 0.3) is 0 Å². The molecule has 0 bridgehead atoms. The van der Waals surface area contributed by atoms with Crippen LogP contribution in [0.3, 0.4) is 0 Å². The fourth-order valence-electron chi connectivity index (χ4n) is 2.52. The third-order valence-corrected chi connectivity index (χ3v) is 3.50. The van der Waals surface area contributed by atoms with Gasteiger partial charge in [0.1, 0.15) is 0 Å². The minimum absolute atomic E-state index is 0.595. The van der Waals surface area contributed by atoms with E-state index in [2.05, 4.69) is 10.00 Å². The Labute approximate surface area is 108 Å². The molecule has 0 spiro atoms. The highest BCUT2D eigenvalue weighted by Gasteiger charge is 2.22. The van der Waals surface area contributed by atoms with E-state index in [0.717, 1.165) is 19.6 Å². The maximum Gasteiger partial charge on any atom is 0.0870 e. The first-order valence-electron chi connectivity index (χ1n) is 6.25. The third-order valence-electron chi connectivity index (χ3n) is 3.38. The Kier molecular flexibility index (Phi) is 4.50. The van der Waals surface area contributed by atoms with Crippen molar-refractivity contribution in [2.45, 2.75) is 38.3 Å². The van der Waals surface area contributed by atoms with Crippen LogP contribution in [-0.4, -0.2) is 38.8 Å². The van der Waals surface area contributed by atoms with E-state index in [9.17, 15) is 0 Å². The highest BCUT2D eigenvalue weighted by Crippen LogP contribution is 2.23. The molecule has 1 heterocycles. The molecule has 1 aliphatic rings. The first-order chi connectivity index (χ1) is 8.25. The highest BCUT2D eigenvalue weighted by atomic mass is 32.1. The SMILES string of the molecule is NC(=S)CN(CCn1cccn1)C1CCCC1. The normalized spacial score (nSPS) is 16.8. The number of thiocarbonyl (C=S) groups is 1. The molecule has 1 aromatic heterocycles. The number of hydrogen-bond acceptors (Lipinski definition) is 3. The molecule has 1 fully saturated rings. The maximum atomic E-state index is 5.68. The van der Waals surface area contributed by atoms with E-state index in [1.165, 1.54) is 25.7 Å². The number of rotatable bonds is 6. The van der Waals surface area contributed by atoms with Crippen LogP contribution in [0.5, 0.6) is 0 Å². The van der Waals surface area contributed by atoms with E-state index < -0.39 is 0 Å². The lowest BCUT2D eigenvalue weighted by Gasteiger charge is -2.28. The maximum absolute atomic E-state index is 5.68. The molecule has 4 nitrogen and oxygen atoms in total. The first kappa shape index (κ1) is 12.5. The average Bonchev–Trinajstić information content (AvgIpc) is 2.96. The number of nitrogens with two attached hydrogens (primary N) is 1. The molecule has 2 rings (SSSR count). The molecule has 1 aliphatic carbocycles. The van der Waals surface area contributed by atoms with Crippen LogP contribution in [0.25, 0.3) is 0 Å². The van der Waals surface area contributed by atoms with Crippen LogP contribution in [0.4, 0.5) is 0 Å². The Morgan fingerprint density at radius 1 is 1.47 bits per heavy atom. The zero-order valence-electron chi connectivity index (χ0n) is 10.1. The van der Waals surface area contributed by atoms with Crippen LogP contribution >= 0.6 is 12.2 Å². The topological polar surface area (TPSA) is 47.1 Å².